The maximum atomic E-state index is 13.4. The van der Waals surface area contributed by atoms with Crippen molar-refractivity contribution in [3.8, 4) is 11.1 Å². The molecule has 0 aromatic heterocycles. The molecule has 0 amide bonds. The highest BCUT2D eigenvalue weighted by Crippen LogP contribution is 2.31. The summed E-state index contributed by atoms with van der Waals surface area (Å²) in [6, 6.07) is 38.4. The van der Waals surface area contributed by atoms with E-state index >= 15 is 0 Å². The van der Waals surface area contributed by atoms with Gasteiger partial charge in [-0.25, -0.2) is 8.42 Å². The predicted molar refractivity (Wildman–Crippen MR) is 173 cm³/mol. The van der Waals surface area contributed by atoms with Crippen molar-refractivity contribution in [1.29, 1.82) is 0 Å². The van der Waals surface area contributed by atoms with Gasteiger partial charge in [0.2, 0.25) is 0 Å². The summed E-state index contributed by atoms with van der Waals surface area (Å²) in [7, 11) is -2.02. The van der Waals surface area contributed by atoms with Crippen molar-refractivity contribution >= 4 is 32.8 Å². The smallest absolute Gasteiger partial charge is 0.193 e. The third-order valence-electron chi connectivity index (χ3n) is 7.84. The third-order valence-corrected chi connectivity index (χ3v) is 10.3. The van der Waals surface area contributed by atoms with Gasteiger partial charge >= 0.3 is 0 Å². The zero-order chi connectivity index (χ0) is 30.8. The minimum Gasteiger partial charge on any atom is -0.345 e. The van der Waals surface area contributed by atoms with Crippen LogP contribution in [0.25, 0.3) is 11.1 Å². The summed E-state index contributed by atoms with van der Waals surface area (Å²) < 4.78 is 25.0. The van der Waals surface area contributed by atoms with Crippen LogP contribution in [-0.2, 0) is 9.84 Å². The summed E-state index contributed by atoms with van der Waals surface area (Å²) in [6.07, 6.45) is 0. The van der Waals surface area contributed by atoms with E-state index < -0.39 is 20.4 Å². The lowest BCUT2D eigenvalue weighted by Gasteiger charge is -2.24. The molecule has 0 atom stereocenters. The second-order valence-corrected chi connectivity index (χ2v) is 13.6. The zero-order valence-corrected chi connectivity index (χ0v) is 25.4. The molecule has 5 nitrogen and oxygen atoms in total. The molecule has 0 fully saturated rings. The molecular weight excluding hydrogens is 554 g/mol. The topological polar surface area (TPSA) is 71.5 Å². The first kappa shape index (κ1) is 29.7. The van der Waals surface area contributed by atoms with E-state index in [1.165, 1.54) is 26.0 Å². The quantitative estimate of drug-likeness (QED) is 0.163. The molecule has 5 aromatic rings. The third kappa shape index (κ3) is 5.92. The van der Waals surface area contributed by atoms with Crippen LogP contribution in [0.15, 0.2) is 132 Å². The Labute approximate surface area is 253 Å². The number of Topliss-reactive ketones (excluding diaryl/α,β-unsaturated/α-hetero) is 1. The van der Waals surface area contributed by atoms with Gasteiger partial charge in [0.25, 0.3) is 0 Å². The SMILES string of the molecule is Cc1ccc(S(=O)(=O)C(C)(C)C(=O)c2ccc(N(C)c3ccc(C(=O)c4ccc(-c5ccccc5)cc4)cc3)cc2)cc1. The first-order valence-corrected chi connectivity index (χ1v) is 15.5. The normalized spacial score (nSPS) is 11.6. The number of benzene rings is 5. The fourth-order valence-corrected chi connectivity index (χ4v) is 6.36. The van der Waals surface area contributed by atoms with E-state index in [2.05, 4.69) is 0 Å². The molecule has 6 heteroatoms. The van der Waals surface area contributed by atoms with Gasteiger partial charge in [-0.2, -0.15) is 0 Å². The fraction of sp³-hybridized carbons (Fsp3) is 0.135. The summed E-state index contributed by atoms with van der Waals surface area (Å²) in [5, 5.41) is 0. The maximum absolute atomic E-state index is 13.4. The second-order valence-electron chi connectivity index (χ2n) is 11.1. The van der Waals surface area contributed by atoms with Gasteiger partial charge in [0.15, 0.2) is 21.4 Å². The number of carbonyl (C=O) groups excluding carboxylic acids is 2. The van der Waals surface area contributed by atoms with Crippen molar-refractivity contribution in [3.05, 3.63) is 150 Å². The van der Waals surface area contributed by atoms with E-state index in [1.54, 1.807) is 48.5 Å². The average molecular weight is 588 g/mol. The number of hydrogen-bond acceptors (Lipinski definition) is 5. The van der Waals surface area contributed by atoms with E-state index in [9.17, 15) is 18.0 Å². The van der Waals surface area contributed by atoms with Gasteiger partial charge in [-0.15, -0.1) is 0 Å². The zero-order valence-electron chi connectivity index (χ0n) is 24.6. The molecule has 0 aliphatic heterocycles. The summed E-state index contributed by atoms with van der Waals surface area (Å²) >= 11 is 0. The van der Waals surface area contributed by atoms with Crippen molar-refractivity contribution < 1.29 is 18.0 Å². The largest absolute Gasteiger partial charge is 0.345 e. The van der Waals surface area contributed by atoms with Crippen LogP contribution in [-0.4, -0.2) is 31.8 Å². The highest BCUT2D eigenvalue weighted by Gasteiger charge is 2.43. The second kappa shape index (κ2) is 11.8. The van der Waals surface area contributed by atoms with Gasteiger partial charge in [0, 0.05) is 35.1 Å². The minimum atomic E-state index is -3.91. The van der Waals surface area contributed by atoms with Gasteiger partial charge < -0.3 is 4.90 Å². The van der Waals surface area contributed by atoms with E-state index in [0.29, 0.717) is 16.7 Å². The number of hydrogen-bond donors (Lipinski definition) is 0. The van der Waals surface area contributed by atoms with Crippen LogP contribution >= 0.6 is 0 Å². The molecule has 0 aliphatic rings. The van der Waals surface area contributed by atoms with Gasteiger partial charge in [-0.3, -0.25) is 9.59 Å². The van der Waals surface area contributed by atoms with Crippen molar-refractivity contribution in [2.75, 3.05) is 11.9 Å². The fourth-order valence-electron chi connectivity index (χ4n) is 4.91. The summed E-state index contributed by atoms with van der Waals surface area (Å²) in [6.45, 7) is 4.78. The van der Waals surface area contributed by atoms with E-state index in [1.807, 2.05) is 85.6 Å². The van der Waals surface area contributed by atoms with Crippen molar-refractivity contribution in [2.24, 2.45) is 0 Å². The first-order valence-electron chi connectivity index (χ1n) is 14.0. The van der Waals surface area contributed by atoms with E-state index in [0.717, 1.165) is 28.1 Å². The Bertz CT molecular complexity index is 1860. The van der Waals surface area contributed by atoms with Crippen LogP contribution < -0.4 is 4.90 Å². The molecule has 43 heavy (non-hydrogen) atoms. The predicted octanol–water partition coefficient (Wildman–Crippen LogP) is 8.10. The highest BCUT2D eigenvalue weighted by atomic mass is 32.2. The Morgan fingerprint density at radius 2 is 1.02 bits per heavy atom. The van der Waals surface area contributed by atoms with Gasteiger partial charge in [-0.05, 0) is 92.6 Å². The Kier molecular flexibility index (Phi) is 8.16. The van der Waals surface area contributed by atoms with E-state index in [-0.39, 0.29) is 10.7 Å². The molecule has 0 saturated carbocycles. The molecule has 0 spiro atoms. The van der Waals surface area contributed by atoms with E-state index in [4.69, 9.17) is 0 Å². The van der Waals surface area contributed by atoms with Gasteiger partial charge in [0.05, 0.1) is 4.90 Å². The summed E-state index contributed by atoms with van der Waals surface area (Å²) in [5.74, 6) is -0.526. The number of sulfone groups is 1. The van der Waals surface area contributed by atoms with Crippen LogP contribution in [0.2, 0.25) is 0 Å². The molecule has 0 heterocycles. The maximum Gasteiger partial charge on any atom is 0.193 e. The van der Waals surface area contributed by atoms with Crippen LogP contribution in [0.1, 0.15) is 45.7 Å². The van der Waals surface area contributed by atoms with Gasteiger partial charge in [0.1, 0.15) is 4.75 Å². The molecule has 0 saturated heterocycles. The van der Waals surface area contributed by atoms with Crippen LogP contribution in [0.4, 0.5) is 11.4 Å². The average Bonchev–Trinajstić information content (AvgIpc) is 3.04. The van der Waals surface area contributed by atoms with Crippen molar-refractivity contribution in [1.82, 2.24) is 0 Å². The molecule has 0 bridgehead atoms. The number of nitrogens with zero attached hydrogens (tertiary/aromatic N) is 1. The molecule has 0 radical (unpaired) electrons. The standard InChI is InChI=1S/C37H33NO4S/c1-26-10-24-34(25-11-26)43(41,42)37(2,3)36(40)31-18-22-33(23-19-31)38(4)32-20-16-30(17-21-32)35(39)29-14-12-28(13-15-29)27-8-6-5-7-9-27/h5-25H,1-4H3. The Morgan fingerprint density at radius 3 is 1.53 bits per heavy atom. The summed E-state index contributed by atoms with van der Waals surface area (Å²) in [5.41, 5.74) is 6.29. The molecule has 5 rings (SSSR count). The first-order chi connectivity index (χ1) is 20.5. The Hall–Kier alpha value is -4.81. The van der Waals surface area contributed by atoms with Crippen LogP contribution in [0.3, 0.4) is 0 Å². The lowest BCUT2D eigenvalue weighted by Crippen LogP contribution is -2.40. The molecule has 0 N–H and O–H groups in total. The number of ketones is 2. The lowest BCUT2D eigenvalue weighted by molar-refractivity contribution is 0.0953. The molecule has 5 aromatic carbocycles. The Morgan fingerprint density at radius 1 is 0.581 bits per heavy atom. The molecule has 0 aliphatic carbocycles. The summed E-state index contributed by atoms with van der Waals surface area (Å²) in [4.78, 5) is 28.6. The number of anilines is 2. The minimum absolute atomic E-state index is 0.0557. The van der Waals surface area contributed by atoms with Crippen molar-refractivity contribution in [3.63, 3.8) is 0 Å². The van der Waals surface area contributed by atoms with Gasteiger partial charge in [-0.1, -0.05) is 72.3 Å². The van der Waals surface area contributed by atoms with Crippen LogP contribution in [0.5, 0.6) is 0 Å². The number of aryl methyl sites for hydroxylation is 1. The number of carbonyl (C=O) groups is 2. The molecule has 216 valence electrons. The van der Waals surface area contributed by atoms with Crippen LogP contribution in [0, 0.1) is 6.92 Å². The molecular formula is C37H33NO4S. The monoisotopic (exact) mass is 587 g/mol. The number of rotatable bonds is 9. The van der Waals surface area contributed by atoms with Crippen molar-refractivity contribution in [2.45, 2.75) is 30.4 Å². The lowest BCUT2D eigenvalue weighted by atomic mass is 9.99. The molecule has 0 unspecified atom stereocenters. The Balaban J connectivity index is 1.28. The highest BCUT2D eigenvalue weighted by molar-refractivity contribution is 7.93.